The minimum absolute atomic E-state index is 0.161. The molecular weight excluding hydrogens is 342 g/mol. The molecule has 2 aromatic rings. The number of nitrogens with zero attached hydrogens (tertiary/aromatic N) is 3. The largest absolute Gasteiger partial charge is 0.487 e. The molecule has 3 heterocycles. The van der Waals surface area contributed by atoms with E-state index in [-0.39, 0.29) is 11.0 Å². The van der Waals surface area contributed by atoms with Gasteiger partial charge in [0.1, 0.15) is 16.7 Å². The van der Waals surface area contributed by atoms with Gasteiger partial charge in [-0.1, -0.05) is 0 Å². The average molecular weight is 363 g/mol. The summed E-state index contributed by atoms with van der Waals surface area (Å²) in [4.78, 5) is 8.38. The average Bonchev–Trinajstić information content (AvgIpc) is 3.07. The van der Waals surface area contributed by atoms with E-state index in [9.17, 15) is 8.42 Å². The van der Waals surface area contributed by atoms with Gasteiger partial charge in [0.2, 0.25) is 15.9 Å². The monoisotopic (exact) mass is 363 g/mol. The van der Waals surface area contributed by atoms with E-state index in [4.69, 9.17) is 9.47 Å². The molecule has 1 aliphatic heterocycles. The van der Waals surface area contributed by atoms with Crippen molar-refractivity contribution >= 4 is 10.0 Å². The second-order valence-electron chi connectivity index (χ2n) is 5.74. The van der Waals surface area contributed by atoms with Gasteiger partial charge in [-0.2, -0.15) is 4.31 Å². The summed E-state index contributed by atoms with van der Waals surface area (Å²) in [6.07, 6.45) is 3.48. The smallest absolute Gasteiger partial charge is 0.244 e. The molecule has 1 aliphatic rings. The number of rotatable bonds is 6. The van der Waals surface area contributed by atoms with Gasteiger partial charge in [0.25, 0.3) is 0 Å². The molecule has 0 radical (unpaired) electrons. The lowest BCUT2D eigenvalue weighted by Gasteiger charge is -2.17. The molecule has 0 aliphatic carbocycles. The number of hydrogen-bond donors (Lipinski definition) is 0. The molecule has 25 heavy (non-hydrogen) atoms. The van der Waals surface area contributed by atoms with E-state index in [1.165, 1.54) is 16.6 Å². The predicted molar refractivity (Wildman–Crippen MR) is 92.2 cm³/mol. The summed E-state index contributed by atoms with van der Waals surface area (Å²) in [5, 5.41) is 0. The van der Waals surface area contributed by atoms with Gasteiger partial charge in [-0.25, -0.2) is 13.4 Å². The van der Waals surface area contributed by atoms with Crippen LogP contribution in [0.25, 0.3) is 0 Å². The molecule has 134 valence electrons. The number of hydrogen-bond acceptors (Lipinski definition) is 6. The molecule has 8 heteroatoms. The van der Waals surface area contributed by atoms with Crippen molar-refractivity contribution in [3.8, 4) is 11.6 Å². The molecule has 0 N–H and O–H groups in total. The Morgan fingerprint density at radius 1 is 1.28 bits per heavy atom. The molecule has 0 unspecified atom stereocenters. The molecule has 0 spiro atoms. The number of pyridine rings is 2. The van der Waals surface area contributed by atoms with Crippen LogP contribution in [-0.2, 0) is 10.0 Å². The van der Waals surface area contributed by atoms with Crippen LogP contribution in [0.3, 0.4) is 0 Å². The Hall–Kier alpha value is -2.19. The van der Waals surface area contributed by atoms with Crippen LogP contribution in [-0.4, -0.2) is 48.5 Å². The number of aryl methyl sites for hydroxylation is 1. The highest BCUT2D eigenvalue weighted by molar-refractivity contribution is 7.89. The van der Waals surface area contributed by atoms with Crippen molar-refractivity contribution < 1.29 is 17.9 Å². The van der Waals surface area contributed by atoms with Crippen LogP contribution in [0.1, 0.15) is 19.0 Å². The summed E-state index contributed by atoms with van der Waals surface area (Å²) in [5.41, 5.74) is 0.791. The van der Waals surface area contributed by atoms with E-state index in [2.05, 4.69) is 9.97 Å². The minimum Gasteiger partial charge on any atom is -0.487 e. The lowest BCUT2D eigenvalue weighted by atomic mass is 10.3. The van der Waals surface area contributed by atoms with Gasteiger partial charge in [0.05, 0.1) is 25.0 Å². The Kier molecular flexibility index (Phi) is 5.19. The summed E-state index contributed by atoms with van der Waals surface area (Å²) in [5.74, 6) is 1.10. The number of sulfonamides is 1. The molecule has 0 amide bonds. The topological polar surface area (TPSA) is 81.6 Å². The Labute approximate surface area is 147 Å². The zero-order valence-electron chi connectivity index (χ0n) is 14.3. The van der Waals surface area contributed by atoms with Crippen LogP contribution < -0.4 is 9.47 Å². The van der Waals surface area contributed by atoms with E-state index in [0.29, 0.717) is 37.7 Å². The molecule has 7 nitrogen and oxygen atoms in total. The van der Waals surface area contributed by atoms with Crippen LogP contribution in [0.2, 0.25) is 0 Å². The standard InChI is InChI=1S/C17H21N3O4S/c1-3-23-17-7-6-15(11-19-17)25(21,22)20-10-8-14(12-20)24-16-5-4-9-18-13(16)2/h4-7,9,11,14H,3,8,10,12H2,1-2H3/t14-/m0/s1. The Morgan fingerprint density at radius 3 is 2.80 bits per heavy atom. The Morgan fingerprint density at radius 2 is 2.12 bits per heavy atom. The van der Waals surface area contributed by atoms with Gasteiger partial charge in [0.15, 0.2) is 0 Å². The zero-order valence-corrected chi connectivity index (χ0v) is 15.1. The van der Waals surface area contributed by atoms with E-state index in [0.717, 1.165) is 5.69 Å². The van der Waals surface area contributed by atoms with Crippen molar-refractivity contribution in [2.45, 2.75) is 31.3 Å². The highest BCUT2D eigenvalue weighted by Crippen LogP contribution is 2.25. The molecular formula is C17H21N3O4S. The van der Waals surface area contributed by atoms with Gasteiger partial charge in [-0.05, 0) is 38.5 Å². The normalized spacial score (nSPS) is 18.2. The first-order valence-electron chi connectivity index (χ1n) is 8.18. The fraction of sp³-hybridized carbons (Fsp3) is 0.412. The lowest BCUT2D eigenvalue weighted by molar-refractivity contribution is 0.213. The van der Waals surface area contributed by atoms with Gasteiger partial charge in [-0.3, -0.25) is 4.98 Å². The van der Waals surface area contributed by atoms with Crippen molar-refractivity contribution in [2.75, 3.05) is 19.7 Å². The fourth-order valence-corrected chi connectivity index (χ4v) is 4.12. The zero-order chi connectivity index (χ0) is 17.9. The lowest BCUT2D eigenvalue weighted by Crippen LogP contribution is -2.31. The molecule has 1 fully saturated rings. The molecule has 3 rings (SSSR count). The molecule has 2 aromatic heterocycles. The van der Waals surface area contributed by atoms with Crippen LogP contribution in [0, 0.1) is 6.92 Å². The quantitative estimate of drug-likeness (QED) is 0.781. The van der Waals surface area contributed by atoms with Crippen molar-refractivity contribution in [3.63, 3.8) is 0 Å². The third kappa shape index (κ3) is 3.91. The van der Waals surface area contributed by atoms with Crippen molar-refractivity contribution in [2.24, 2.45) is 0 Å². The Bertz CT molecular complexity index is 824. The first kappa shape index (κ1) is 17.6. The molecule has 0 bridgehead atoms. The maximum atomic E-state index is 12.7. The predicted octanol–water partition coefficient (Wildman–Crippen LogP) is 2.03. The van der Waals surface area contributed by atoms with Crippen molar-refractivity contribution in [3.05, 3.63) is 42.4 Å². The molecule has 1 atom stereocenters. The van der Waals surface area contributed by atoms with E-state index < -0.39 is 10.0 Å². The van der Waals surface area contributed by atoms with Gasteiger partial charge < -0.3 is 9.47 Å². The first-order valence-corrected chi connectivity index (χ1v) is 9.62. The summed E-state index contributed by atoms with van der Waals surface area (Å²) >= 11 is 0. The Balaban J connectivity index is 1.69. The van der Waals surface area contributed by atoms with E-state index >= 15 is 0 Å². The molecule has 0 saturated carbocycles. The minimum atomic E-state index is -3.59. The van der Waals surface area contributed by atoms with Gasteiger partial charge >= 0.3 is 0 Å². The highest BCUT2D eigenvalue weighted by Gasteiger charge is 2.34. The van der Waals surface area contributed by atoms with Crippen LogP contribution in [0.5, 0.6) is 11.6 Å². The van der Waals surface area contributed by atoms with Gasteiger partial charge in [0, 0.05) is 18.8 Å². The van der Waals surface area contributed by atoms with Crippen LogP contribution >= 0.6 is 0 Å². The second-order valence-corrected chi connectivity index (χ2v) is 7.68. The van der Waals surface area contributed by atoms with E-state index in [1.54, 1.807) is 18.3 Å². The third-order valence-corrected chi connectivity index (χ3v) is 5.85. The summed E-state index contributed by atoms with van der Waals surface area (Å²) in [6.45, 7) is 4.92. The highest BCUT2D eigenvalue weighted by atomic mass is 32.2. The number of aromatic nitrogens is 2. The maximum absolute atomic E-state index is 12.7. The molecule has 1 saturated heterocycles. The maximum Gasteiger partial charge on any atom is 0.244 e. The third-order valence-electron chi connectivity index (χ3n) is 4.00. The van der Waals surface area contributed by atoms with Crippen LogP contribution in [0.4, 0.5) is 0 Å². The summed E-state index contributed by atoms with van der Waals surface area (Å²) < 4.78 is 38.1. The SMILES string of the molecule is CCOc1ccc(S(=O)(=O)N2CC[C@H](Oc3cccnc3C)C2)cn1. The second kappa shape index (κ2) is 7.37. The first-order chi connectivity index (χ1) is 12.0. The molecule has 0 aromatic carbocycles. The van der Waals surface area contributed by atoms with Gasteiger partial charge in [-0.15, -0.1) is 0 Å². The van der Waals surface area contributed by atoms with Crippen molar-refractivity contribution in [1.29, 1.82) is 0 Å². The number of ether oxygens (including phenoxy) is 2. The van der Waals surface area contributed by atoms with E-state index in [1.807, 2.05) is 19.9 Å². The fourth-order valence-electron chi connectivity index (χ4n) is 2.69. The van der Waals surface area contributed by atoms with Crippen molar-refractivity contribution in [1.82, 2.24) is 14.3 Å². The summed E-state index contributed by atoms with van der Waals surface area (Å²) in [7, 11) is -3.59. The summed E-state index contributed by atoms with van der Waals surface area (Å²) in [6, 6.07) is 6.74. The van der Waals surface area contributed by atoms with Crippen LogP contribution in [0.15, 0.2) is 41.6 Å².